The van der Waals surface area contributed by atoms with E-state index in [1.54, 1.807) is 0 Å². The van der Waals surface area contributed by atoms with Gasteiger partial charge in [-0.3, -0.25) is 9.69 Å². The number of nitrogens with zero attached hydrogens (tertiary/aromatic N) is 2. The number of likely N-dealkylation sites (tertiary alicyclic amines) is 1. The summed E-state index contributed by atoms with van der Waals surface area (Å²) in [5.74, 6) is 0.218. The molecule has 1 unspecified atom stereocenters. The van der Waals surface area contributed by atoms with Crippen LogP contribution in [0.15, 0.2) is 30.3 Å². The van der Waals surface area contributed by atoms with Gasteiger partial charge in [-0.2, -0.15) is 0 Å². The molecule has 2 rings (SSSR count). The van der Waals surface area contributed by atoms with Gasteiger partial charge in [0, 0.05) is 19.7 Å². The van der Waals surface area contributed by atoms with Gasteiger partial charge in [-0.1, -0.05) is 44.2 Å². The molecule has 1 atom stereocenters. The molecule has 1 aromatic rings. The third-order valence-corrected chi connectivity index (χ3v) is 4.98. The van der Waals surface area contributed by atoms with Crippen molar-refractivity contribution in [2.75, 3.05) is 39.3 Å². The highest BCUT2D eigenvalue weighted by molar-refractivity contribution is 5.83. The fraction of sp³-hybridized carbons (Fsp3) is 0.650. The predicted molar refractivity (Wildman–Crippen MR) is 101 cm³/mol. The molecule has 0 radical (unpaired) electrons. The van der Waals surface area contributed by atoms with E-state index >= 15 is 0 Å². The van der Waals surface area contributed by atoms with Gasteiger partial charge in [-0.15, -0.1) is 0 Å². The molecule has 2 N–H and O–H groups in total. The number of amides is 1. The molecule has 0 saturated carbocycles. The summed E-state index contributed by atoms with van der Waals surface area (Å²) in [7, 11) is 0. The van der Waals surface area contributed by atoms with Gasteiger partial charge < -0.3 is 15.4 Å². The summed E-state index contributed by atoms with van der Waals surface area (Å²) >= 11 is 0. The Morgan fingerprint density at radius 2 is 1.88 bits per heavy atom. The van der Waals surface area contributed by atoms with E-state index in [2.05, 4.69) is 30.9 Å². The Morgan fingerprint density at radius 3 is 2.44 bits per heavy atom. The molecule has 5 heteroatoms. The summed E-state index contributed by atoms with van der Waals surface area (Å²) in [5.41, 5.74) is 6.59. The standard InChI is InChI=1S/C20H33N3O2/c1-3-22(4-2)19(17-9-6-5-7-10-17)20(24)23-14-11-18(12-15-23)25-16-8-13-21/h5-7,9-10,18-19H,3-4,8,11-16,21H2,1-2H3. The van der Waals surface area contributed by atoms with Crippen LogP contribution in [0.5, 0.6) is 0 Å². The normalized spacial score (nSPS) is 17.0. The molecular weight excluding hydrogens is 314 g/mol. The van der Waals surface area contributed by atoms with Crippen LogP contribution < -0.4 is 5.73 Å². The van der Waals surface area contributed by atoms with Crippen molar-refractivity contribution >= 4 is 5.91 Å². The van der Waals surface area contributed by atoms with Gasteiger partial charge >= 0.3 is 0 Å². The van der Waals surface area contributed by atoms with Crippen LogP contribution in [0.2, 0.25) is 0 Å². The predicted octanol–water partition coefficient (Wildman–Crippen LogP) is 2.43. The molecule has 1 amide bonds. The second kappa shape index (κ2) is 10.5. The van der Waals surface area contributed by atoms with E-state index in [0.717, 1.165) is 57.6 Å². The Bertz CT molecular complexity index is 497. The third-order valence-electron chi connectivity index (χ3n) is 4.98. The molecule has 0 bridgehead atoms. The average Bonchev–Trinajstić information content (AvgIpc) is 2.67. The van der Waals surface area contributed by atoms with E-state index in [-0.39, 0.29) is 18.1 Å². The number of piperidine rings is 1. The minimum atomic E-state index is -0.189. The van der Waals surface area contributed by atoms with Crippen LogP contribution in [0.3, 0.4) is 0 Å². The van der Waals surface area contributed by atoms with Crippen molar-refractivity contribution in [3.05, 3.63) is 35.9 Å². The van der Waals surface area contributed by atoms with Gasteiger partial charge in [0.05, 0.1) is 6.10 Å². The maximum atomic E-state index is 13.3. The number of rotatable bonds is 9. The Kier molecular flexibility index (Phi) is 8.38. The smallest absolute Gasteiger partial charge is 0.244 e. The maximum absolute atomic E-state index is 13.3. The average molecular weight is 348 g/mol. The van der Waals surface area contributed by atoms with Gasteiger partial charge in [0.1, 0.15) is 6.04 Å². The third kappa shape index (κ3) is 5.53. The van der Waals surface area contributed by atoms with Crippen molar-refractivity contribution in [2.45, 2.75) is 45.3 Å². The molecular formula is C20H33N3O2. The molecule has 1 heterocycles. The topological polar surface area (TPSA) is 58.8 Å². The van der Waals surface area contributed by atoms with Crippen molar-refractivity contribution in [1.29, 1.82) is 0 Å². The molecule has 1 aliphatic heterocycles. The molecule has 25 heavy (non-hydrogen) atoms. The van der Waals surface area contributed by atoms with Gasteiger partial charge in [-0.05, 0) is 44.5 Å². The lowest BCUT2D eigenvalue weighted by Gasteiger charge is -2.37. The summed E-state index contributed by atoms with van der Waals surface area (Å²) in [6, 6.07) is 9.95. The van der Waals surface area contributed by atoms with Gasteiger partial charge in [-0.25, -0.2) is 0 Å². The highest BCUT2D eigenvalue weighted by atomic mass is 16.5. The van der Waals surface area contributed by atoms with Crippen molar-refractivity contribution < 1.29 is 9.53 Å². The van der Waals surface area contributed by atoms with Crippen molar-refractivity contribution in [1.82, 2.24) is 9.80 Å². The van der Waals surface area contributed by atoms with E-state index in [4.69, 9.17) is 10.5 Å². The second-order valence-electron chi connectivity index (χ2n) is 6.57. The highest BCUT2D eigenvalue weighted by Crippen LogP contribution is 2.25. The summed E-state index contributed by atoms with van der Waals surface area (Å²) in [5, 5.41) is 0. The molecule has 1 aromatic carbocycles. The van der Waals surface area contributed by atoms with E-state index in [0.29, 0.717) is 6.54 Å². The Balaban J connectivity index is 2.00. The zero-order chi connectivity index (χ0) is 18.1. The number of likely N-dealkylation sites (N-methyl/N-ethyl adjacent to an activating group) is 1. The summed E-state index contributed by atoms with van der Waals surface area (Å²) in [4.78, 5) is 17.5. The Morgan fingerprint density at radius 1 is 1.24 bits per heavy atom. The fourth-order valence-electron chi connectivity index (χ4n) is 3.48. The van der Waals surface area contributed by atoms with E-state index < -0.39 is 0 Å². The SMILES string of the molecule is CCN(CC)C(C(=O)N1CCC(OCCCN)CC1)c1ccccc1. The van der Waals surface area contributed by atoms with E-state index in [1.807, 2.05) is 23.1 Å². The van der Waals surface area contributed by atoms with E-state index in [9.17, 15) is 4.79 Å². The monoisotopic (exact) mass is 347 g/mol. The number of carbonyl (C=O) groups excluding carboxylic acids is 1. The van der Waals surface area contributed by atoms with Crippen molar-refractivity contribution in [3.8, 4) is 0 Å². The number of hydrogen-bond acceptors (Lipinski definition) is 4. The second-order valence-corrected chi connectivity index (χ2v) is 6.57. The largest absolute Gasteiger partial charge is 0.378 e. The molecule has 0 spiro atoms. The van der Waals surface area contributed by atoms with Crippen LogP contribution in [0.4, 0.5) is 0 Å². The van der Waals surface area contributed by atoms with Crippen LogP contribution >= 0.6 is 0 Å². The first kappa shape index (κ1) is 19.9. The molecule has 1 fully saturated rings. The van der Waals surface area contributed by atoms with Crippen LogP contribution in [-0.4, -0.2) is 61.1 Å². The molecule has 0 aromatic heterocycles. The maximum Gasteiger partial charge on any atom is 0.244 e. The number of ether oxygens (including phenoxy) is 1. The van der Waals surface area contributed by atoms with Crippen LogP contribution in [0.25, 0.3) is 0 Å². The van der Waals surface area contributed by atoms with E-state index in [1.165, 1.54) is 0 Å². The quantitative estimate of drug-likeness (QED) is 0.697. The summed E-state index contributed by atoms with van der Waals surface area (Å²) in [6.45, 7) is 8.89. The summed E-state index contributed by atoms with van der Waals surface area (Å²) < 4.78 is 5.86. The first-order valence-corrected chi connectivity index (χ1v) is 9.60. The number of benzene rings is 1. The van der Waals surface area contributed by atoms with Crippen molar-refractivity contribution in [2.24, 2.45) is 5.73 Å². The molecule has 5 nitrogen and oxygen atoms in total. The van der Waals surface area contributed by atoms with Gasteiger partial charge in [0.2, 0.25) is 5.91 Å². The van der Waals surface area contributed by atoms with Gasteiger partial charge in [0.25, 0.3) is 0 Å². The first-order chi connectivity index (χ1) is 12.2. The molecule has 0 aliphatic carbocycles. The molecule has 1 aliphatic rings. The Hall–Kier alpha value is -1.43. The lowest BCUT2D eigenvalue weighted by Crippen LogP contribution is -2.47. The lowest BCUT2D eigenvalue weighted by atomic mass is 10.0. The Labute approximate surface area is 152 Å². The highest BCUT2D eigenvalue weighted by Gasteiger charge is 2.32. The van der Waals surface area contributed by atoms with Crippen molar-refractivity contribution in [3.63, 3.8) is 0 Å². The zero-order valence-electron chi connectivity index (χ0n) is 15.7. The molecule has 140 valence electrons. The molecule has 1 saturated heterocycles. The summed E-state index contributed by atoms with van der Waals surface area (Å²) in [6.07, 6.45) is 2.99. The van der Waals surface area contributed by atoms with Crippen LogP contribution in [0.1, 0.15) is 44.7 Å². The number of nitrogens with two attached hydrogens (primary N) is 1. The number of carbonyl (C=O) groups is 1. The minimum absolute atomic E-state index is 0.189. The lowest BCUT2D eigenvalue weighted by molar-refractivity contribution is -0.140. The fourth-order valence-corrected chi connectivity index (χ4v) is 3.48. The number of hydrogen-bond donors (Lipinski definition) is 1. The van der Waals surface area contributed by atoms with Crippen LogP contribution in [-0.2, 0) is 9.53 Å². The minimum Gasteiger partial charge on any atom is -0.378 e. The van der Waals surface area contributed by atoms with Gasteiger partial charge in [0.15, 0.2) is 0 Å². The zero-order valence-corrected chi connectivity index (χ0v) is 15.7. The first-order valence-electron chi connectivity index (χ1n) is 9.60. The van der Waals surface area contributed by atoms with Crippen LogP contribution in [0, 0.1) is 0 Å².